The molecule has 214 valence electrons. The zero-order valence-electron chi connectivity index (χ0n) is 23.3. The molecular weight excluding hydrogens is 544 g/mol. The summed E-state index contributed by atoms with van der Waals surface area (Å²) in [4.78, 5) is 43.5. The first-order valence-corrected chi connectivity index (χ1v) is 14.1. The minimum atomic E-state index is -1.20. The Morgan fingerprint density at radius 2 is 1.84 bits per heavy atom. The van der Waals surface area contributed by atoms with E-state index in [0.717, 1.165) is 23.5 Å². The van der Waals surface area contributed by atoms with Gasteiger partial charge in [-0.05, 0) is 31.2 Å². The van der Waals surface area contributed by atoms with Crippen molar-refractivity contribution in [3.8, 4) is 11.3 Å². The topological polar surface area (TPSA) is 126 Å². The Bertz CT molecular complexity index is 1850. The number of aliphatic imine (C=N–C) groups is 1. The molecule has 2 aliphatic rings. The van der Waals surface area contributed by atoms with E-state index in [1.807, 2.05) is 66.7 Å². The summed E-state index contributed by atoms with van der Waals surface area (Å²) in [5.41, 5.74) is 4.41. The predicted octanol–water partition coefficient (Wildman–Crippen LogP) is 3.56. The van der Waals surface area contributed by atoms with E-state index in [4.69, 9.17) is 9.73 Å². The van der Waals surface area contributed by atoms with Crippen molar-refractivity contribution in [3.05, 3.63) is 108 Å². The number of benzodiazepines with no additional fused rings is 1. The Balaban J connectivity index is 1.25. The van der Waals surface area contributed by atoms with Crippen molar-refractivity contribution in [1.82, 2.24) is 24.9 Å². The molecule has 43 heavy (non-hydrogen) atoms. The van der Waals surface area contributed by atoms with Crippen LogP contribution in [-0.2, 0) is 9.53 Å². The molecule has 7 rings (SSSR count). The van der Waals surface area contributed by atoms with Crippen LogP contribution in [0.1, 0.15) is 28.4 Å². The lowest BCUT2D eigenvalue weighted by molar-refractivity contribution is -0.117. The molecule has 5 aromatic rings. The largest absolute Gasteiger partial charge is 0.377 e. The Hall–Kier alpha value is -5.42. The van der Waals surface area contributed by atoms with Crippen LogP contribution < -0.4 is 15.5 Å². The molecule has 0 saturated carbocycles. The van der Waals surface area contributed by atoms with Crippen LogP contribution in [0.3, 0.4) is 0 Å². The van der Waals surface area contributed by atoms with Gasteiger partial charge in [0, 0.05) is 41.8 Å². The van der Waals surface area contributed by atoms with E-state index < -0.39 is 18.0 Å². The number of pyridine rings is 1. The summed E-state index contributed by atoms with van der Waals surface area (Å²) in [5.74, 6) is -0.162. The maximum absolute atomic E-state index is 14.0. The van der Waals surface area contributed by atoms with Gasteiger partial charge in [-0.3, -0.25) is 9.59 Å². The van der Waals surface area contributed by atoms with E-state index in [2.05, 4.69) is 37.5 Å². The van der Waals surface area contributed by atoms with E-state index in [-0.39, 0.29) is 11.6 Å². The normalized spacial score (nSPS) is 18.4. The summed E-state index contributed by atoms with van der Waals surface area (Å²) >= 11 is 0. The number of benzene rings is 2. The summed E-state index contributed by atoms with van der Waals surface area (Å²) in [6.07, 6.45) is 3.82. The van der Waals surface area contributed by atoms with Crippen molar-refractivity contribution in [1.29, 1.82) is 0 Å². The van der Waals surface area contributed by atoms with Crippen molar-refractivity contribution in [2.45, 2.75) is 19.1 Å². The number of amides is 2. The van der Waals surface area contributed by atoms with Crippen molar-refractivity contribution in [3.63, 3.8) is 0 Å². The molecule has 2 amide bonds. The van der Waals surface area contributed by atoms with Crippen LogP contribution >= 0.6 is 0 Å². The number of anilines is 2. The van der Waals surface area contributed by atoms with Crippen molar-refractivity contribution in [2.24, 2.45) is 4.99 Å². The van der Waals surface area contributed by atoms with Gasteiger partial charge in [-0.1, -0.05) is 48.5 Å². The van der Waals surface area contributed by atoms with Gasteiger partial charge in [0.05, 0.1) is 30.7 Å². The van der Waals surface area contributed by atoms with Gasteiger partial charge in [0.2, 0.25) is 6.17 Å². The molecule has 0 radical (unpaired) electrons. The number of aromatic nitrogens is 4. The van der Waals surface area contributed by atoms with Crippen molar-refractivity contribution < 1.29 is 14.3 Å². The van der Waals surface area contributed by atoms with Crippen molar-refractivity contribution >= 4 is 34.7 Å². The fraction of sp³-hybridized carbons (Fsp3) is 0.188. The summed E-state index contributed by atoms with van der Waals surface area (Å²) < 4.78 is 7.10. The molecule has 0 aliphatic carbocycles. The summed E-state index contributed by atoms with van der Waals surface area (Å²) in [6.45, 7) is 4.13. The van der Waals surface area contributed by atoms with Crippen LogP contribution in [0.15, 0.2) is 96.4 Å². The average molecular weight is 573 g/mol. The number of para-hydroxylation sites is 1. The third-order valence-corrected chi connectivity index (χ3v) is 7.57. The number of hydrogen-bond acceptors (Lipinski definition) is 8. The summed E-state index contributed by atoms with van der Waals surface area (Å²) in [5, 5.41) is 10.4. The zero-order valence-corrected chi connectivity index (χ0v) is 23.3. The number of nitrogens with zero attached hydrogens (tertiary/aromatic N) is 6. The summed E-state index contributed by atoms with van der Waals surface area (Å²) in [7, 11) is 0. The number of carbonyl (C=O) groups is 2. The van der Waals surface area contributed by atoms with Crippen molar-refractivity contribution in [2.75, 3.05) is 30.0 Å². The maximum atomic E-state index is 14.0. The van der Waals surface area contributed by atoms with Gasteiger partial charge in [-0.15, -0.1) is 0 Å². The highest BCUT2D eigenvalue weighted by Crippen LogP contribution is 2.28. The van der Waals surface area contributed by atoms with Gasteiger partial charge < -0.3 is 20.3 Å². The molecule has 5 heterocycles. The highest BCUT2D eigenvalue weighted by atomic mass is 16.5. The lowest BCUT2D eigenvalue weighted by atomic mass is 10.0. The molecule has 1 fully saturated rings. The Morgan fingerprint density at radius 3 is 2.65 bits per heavy atom. The fourth-order valence-corrected chi connectivity index (χ4v) is 5.44. The van der Waals surface area contributed by atoms with E-state index in [9.17, 15) is 9.59 Å². The number of nitrogens with one attached hydrogen (secondary N) is 2. The predicted molar refractivity (Wildman–Crippen MR) is 162 cm³/mol. The number of hydrogen-bond donors (Lipinski definition) is 2. The lowest BCUT2D eigenvalue weighted by Gasteiger charge is -2.34. The third-order valence-electron chi connectivity index (χ3n) is 7.57. The Morgan fingerprint density at radius 1 is 1.00 bits per heavy atom. The van der Waals surface area contributed by atoms with Gasteiger partial charge in [0.1, 0.15) is 17.1 Å². The molecule has 3 aromatic heterocycles. The van der Waals surface area contributed by atoms with E-state index in [1.54, 1.807) is 29.2 Å². The van der Waals surface area contributed by atoms with Crippen LogP contribution in [0, 0.1) is 0 Å². The number of carbonyl (C=O) groups excluding carboxylic acids is 2. The average Bonchev–Trinajstić information content (AvgIpc) is 3.37. The SMILES string of the molecule is C[C@H]1COCCN1c1ccc(-c2nn3cccnc3c2C(=O)NC2N=C(c3ccccc3)c3ccccc3NC2=O)cn1. The quantitative estimate of drug-likeness (QED) is 0.330. The Labute approximate surface area is 247 Å². The maximum Gasteiger partial charge on any atom is 0.269 e. The smallest absolute Gasteiger partial charge is 0.269 e. The molecule has 2 N–H and O–H groups in total. The second-order valence-electron chi connectivity index (χ2n) is 10.4. The standard InChI is InChI=1S/C32H28N8O3/c1-20-19-43-17-16-39(20)25-13-12-22(18-34-25)28-26(30-33-14-7-15-40(30)38-28)31(41)37-29-32(42)35-24-11-6-5-10-23(24)27(36-29)21-8-3-2-4-9-21/h2-15,18,20,29H,16-17,19H2,1H3,(H,35,42)(H,37,41)/t20-,29?/m0/s1. The van der Waals surface area contributed by atoms with Gasteiger partial charge in [0.15, 0.2) is 5.65 Å². The molecule has 1 saturated heterocycles. The molecule has 0 bridgehead atoms. The number of ether oxygens (including phenoxy) is 1. The number of fused-ring (bicyclic) bond motifs is 2. The van der Waals surface area contributed by atoms with E-state index >= 15 is 0 Å². The zero-order chi connectivity index (χ0) is 29.3. The fourth-order valence-electron chi connectivity index (χ4n) is 5.44. The second-order valence-corrected chi connectivity index (χ2v) is 10.4. The molecule has 11 nitrogen and oxygen atoms in total. The number of rotatable bonds is 5. The van der Waals surface area contributed by atoms with E-state index in [0.29, 0.717) is 41.5 Å². The third kappa shape index (κ3) is 4.99. The van der Waals surface area contributed by atoms with Crippen LogP contribution in [0.5, 0.6) is 0 Å². The van der Waals surface area contributed by atoms with Crippen LogP contribution in [-0.4, -0.2) is 69.1 Å². The molecule has 2 atom stereocenters. The first-order chi connectivity index (χ1) is 21.1. The van der Waals surface area contributed by atoms with Gasteiger partial charge in [-0.25, -0.2) is 19.5 Å². The van der Waals surface area contributed by atoms with Crippen LogP contribution in [0.2, 0.25) is 0 Å². The van der Waals surface area contributed by atoms with Gasteiger partial charge >= 0.3 is 0 Å². The van der Waals surface area contributed by atoms with Gasteiger partial charge in [-0.2, -0.15) is 5.10 Å². The molecule has 11 heteroatoms. The molecule has 1 unspecified atom stereocenters. The first-order valence-electron chi connectivity index (χ1n) is 14.1. The lowest BCUT2D eigenvalue weighted by Crippen LogP contribution is -2.44. The van der Waals surface area contributed by atoms with Crippen LogP contribution in [0.4, 0.5) is 11.5 Å². The molecule has 2 aromatic carbocycles. The minimum absolute atomic E-state index is 0.200. The highest BCUT2D eigenvalue weighted by molar-refractivity contribution is 6.20. The first kappa shape index (κ1) is 26.5. The molecule has 2 aliphatic heterocycles. The molecular formula is C32H28N8O3. The van der Waals surface area contributed by atoms with Crippen LogP contribution in [0.25, 0.3) is 16.9 Å². The monoisotopic (exact) mass is 572 g/mol. The summed E-state index contributed by atoms with van der Waals surface area (Å²) in [6, 6.07) is 22.8. The minimum Gasteiger partial charge on any atom is -0.377 e. The number of morpholine rings is 1. The van der Waals surface area contributed by atoms with Gasteiger partial charge in [0.25, 0.3) is 11.8 Å². The highest BCUT2D eigenvalue weighted by Gasteiger charge is 2.30. The Kier molecular flexibility index (Phi) is 6.84. The second kappa shape index (κ2) is 11.1. The van der Waals surface area contributed by atoms with E-state index in [1.165, 1.54) is 0 Å². The molecule has 0 spiro atoms.